The van der Waals surface area contributed by atoms with Crippen LogP contribution in [0, 0.1) is 6.92 Å². The van der Waals surface area contributed by atoms with E-state index in [1.165, 1.54) is 17.0 Å². The smallest absolute Gasteiger partial charge is 0.330 e. The fraction of sp³-hybridized carbons (Fsp3) is 0.471. The van der Waals surface area contributed by atoms with Gasteiger partial charge in [0.05, 0.1) is 25.0 Å². The molecular weight excluding hydrogens is 342 g/mol. The molecule has 2 aromatic heterocycles. The molecule has 1 aliphatic heterocycles. The van der Waals surface area contributed by atoms with Crippen LogP contribution in [0.1, 0.15) is 36.8 Å². The maximum Gasteiger partial charge on any atom is 0.330 e. The molecule has 1 fully saturated rings. The van der Waals surface area contributed by atoms with Gasteiger partial charge in [0.15, 0.2) is 0 Å². The van der Waals surface area contributed by atoms with E-state index in [2.05, 4.69) is 10.3 Å². The van der Waals surface area contributed by atoms with Gasteiger partial charge in [0.1, 0.15) is 12.0 Å². The second kappa shape index (κ2) is 7.71. The van der Waals surface area contributed by atoms with E-state index in [4.69, 9.17) is 9.15 Å². The van der Waals surface area contributed by atoms with Gasteiger partial charge in [0, 0.05) is 24.6 Å². The number of amides is 1. The molecular formula is C17H21N3O6. The first-order valence-corrected chi connectivity index (χ1v) is 8.38. The lowest BCUT2D eigenvalue weighted by Gasteiger charge is -2.16. The highest BCUT2D eigenvalue weighted by molar-refractivity contribution is 5.75. The predicted octanol–water partition coefficient (Wildman–Crippen LogP) is 0.183. The highest BCUT2D eigenvalue weighted by Gasteiger charge is 2.35. The molecule has 3 heterocycles. The zero-order chi connectivity index (χ0) is 18.7. The van der Waals surface area contributed by atoms with Crippen LogP contribution in [-0.2, 0) is 16.1 Å². The number of rotatable bonds is 6. The summed E-state index contributed by atoms with van der Waals surface area (Å²) in [6.45, 7) is 1.88. The summed E-state index contributed by atoms with van der Waals surface area (Å²) in [4.78, 5) is 37.5. The van der Waals surface area contributed by atoms with E-state index in [-0.39, 0.29) is 18.7 Å². The SMILES string of the molecule is Cc1cn([C@H]2C[C@H](O)[C@@H](CCC(=O)NCc3ccco3)O2)c(=O)[nH]c1=O. The van der Waals surface area contributed by atoms with Crippen LogP contribution in [0.5, 0.6) is 0 Å². The van der Waals surface area contributed by atoms with Crippen LogP contribution in [0.2, 0.25) is 0 Å². The Morgan fingerprint density at radius 2 is 2.27 bits per heavy atom. The molecule has 9 heteroatoms. The summed E-state index contributed by atoms with van der Waals surface area (Å²) >= 11 is 0. The number of aliphatic hydroxyl groups is 1. The van der Waals surface area contributed by atoms with Crippen LogP contribution in [0.25, 0.3) is 0 Å². The number of aromatic amines is 1. The van der Waals surface area contributed by atoms with Crippen molar-refractivity contribution >= 4 is 5.91 Å². The Balaban J connectivity index is 1.54. The van der Waals surface area contributed by atoms with Crippen molar-refractivity contribution in [1.29, 1.82) is 0 Å². The van der Waals surface area contributed by atoms with E-state index in [1.54, 1.807) is 19.1 Å². The van der Waals surface area contributed by atoms with Crippen molar-refractivity contribution in [3.05, 3.63) is 56.8 Å². The zero-order valence-corrected chi connectivity index (χ0v) is 14.3. The fourth-order valence-corrected chi connectivity index (χ4v) is 2.91. The summed E-state index contributed by atoms with van der Waals surface area (Å²) in [7, 11) is 0. The predicted molar refractivity (Wildman–Crippen MR) is 90.4 cm³/mol. The van der Waals surface area contributed by atoms with Crippen LogP contribution >= 0.6 is 0 Å². The summed E-state index contributed by atoms with van der Waals surface area (Å²) < 4.78 is 12.1. The number of furan rings is 1. The molecule has 3 atom stereocenters. The summed E-state index contributed by atoms with van der Waals surface area (Å²) in [5.74, 6) is 0.473. The summed E-state index contributed by atoms with van der Waals surface area (Å²) in [6.07, 6.45) is 1.62. The zero-order valence-electron chi connectivity index (χ0n) is 14.3. The first-order valence-electron chi connectivity index (χ1n) is 8.38. The fourth-order valence-electron chi connectivity index (χ4n) is 2.91. The maximum absolute atomic E-state index is 11.9. The molecule has 9 nitrogen and oxygen atoms in total. The van der Waals surface area contributed by atoms with Crippen LogP contribution < -0.4 is 16.6 Å². The monoisotopic (exact) mass is 363 g/mol. The van der Waals surface area contributed by atoms with Gasteiger partial charge in [-0.05, 0) is 25.5 Å². The Hall–Kier alpha value is -2.65. The lowest BCUT2D eigenvalue weighted by molar-refractivity contribution is -0.122. The lowest BCUT2D eigenvalue weighted by Crippen LogP contribution is -2.33. The quantitative estimate of drug-likeness (QED) is 0.672. The second-order valence-corrected chi connectivity index (χ2v) is 6.31. The Morgan fingerprint density at radius 3 is 3.00 bits per heavy atom. The molecule has 0 bridgehead atoms. The van der Waals surface area contributed by atoms with Crippen LogP contribution in [0.15, 0.2) is 38.6 Å². The average Bonchev–Trinajstić information content (AvgIpc) is 3.24. The second-order valence-electron chi connectivity index (χ2n) is 6.31. The molecule has 0 radical (unpaired) electrons. The molecule has 1 amide bonds. The maximum atomic E-state index is 11.9. The number of nitrogens with one attached hydrogen (secondary N) is 2. The third-order valence-electron chi connectivity index (χ3n) is 4.36. The minimum Gasteiger partial charge on any atom is -0.467 e. The standard InChI is InChI=1S/C17H21N3O6/c1-10-9-20(17(24)19-16(10)23)15-7-12(21)13(26-15)4-5-14(22)18-8-11-3-2-6-25-11/h2-3,6,9,12-13,15,21H,4-5,7-8H2,1H3,(H,18,22)(H,19,23,24)/t12-,13+,15+/m0/s1. The highest BCUT2D eigenvalue weighted by Crippen LogP contribution is 2.30. The number of carbonyl (C=O) groups is 1. The van der Waals surface area contributed by atoms with Crippen molar-refractivity contribution in [2.45, 2.75) is 51.2 Å². The van der Waals surface area contributed by atoms with Gasteiger partial charge >= 0.3 is 5.69 Å². The van der Waals surface area contributed by atoms with Crippen molar-refractivity contribution in [2.75, 3.05) is 0 Å². The van der Waals surface area contributed by atoms with Crippen molar-refractivity contribution in [3.63, 3.8) is 0 Å². The first-order chi connectivity index (χ1) is 12.4. The number of aliphatic hydroxyl groups excluding tert-OH is 1. The summed E-state index contributed by atoms with van der Waals surface area (Å²) in [5.41, 5.74) is -0.660. The molecule has 3 rings (SSSR count). The number of nitrogens with zero attached hydrogens (tertiary/aromatic N) is 1. The van der Waals surface area contributed by atoms with E-state index in [0.717, 1.165) is 0 Å². The van der Waals surface area contributed by atoms with E-state index < -0.39 is 29.7 Å². The van der Waals surface area contributed by atoms with Crippen molar-refractivity contribution in [1.82, 2.24) is 14.9 Å². The average molecular weight is 363 g/mol. The molecule has 26 heavy (non-hydrogen) atoms. The van der Waals surface area contributed by atoms with Gasteiger partial charge in [-0.3, -0.25) is 19.1 Å². The van der Waals surface area contributed by atoms with Gasteiger partial charge in [0.2, 0.25) is 5.91 Å². The van der Waals surface area contributed by atoms with Gasteiger partial charge in [0.25, 0.3) is 5.56 Å². The Labute approximate surface area is 148 Å². The van der Waals surface area contributed by atoms with Crippen LogP contribution in [-0.4, -0.2) is 32.8 Å². The van der Waals surface area contributed by atoms with E-state index >= 15 is 0 Å². The van der Waals surface area contributed by atoms with Crippen molar-refractivity contribution < 1.29 is 19.1 Å². The molecule has 0 unspecified atom stereocenters. The molecule has 3 N–H and O–H groups in total. The number of carbonyl (C=O) groups excluding carboxylic acids is 1. The Kier molecular flexibility index (Phi) is 5.38. The van der Waals surface area contributed by atoms with Crippen molar-refractivity contribution in [2.24, 2.45) is 0 Å². The van der Waals surface area contributed by atoms with Crippen LogP contribution in [0.4, 0.5) is 0 Å². The normalized spacial score (nSPS) is 22.5. The Bertz CT molecular complexity index is 869. The molecule has 0 saturated carbocycles. The molecule has 0 aliphatic carbocycles. The van der Waals surface area contributed by atoms with Gasteiger partial charge < -0.3 is 19.6 Å². The molecule has 140 valence electrons. The van der Waals surface area contributed by atoms with Gasteiger partial charge in [-0.2, -0.15) is 0 Å². The largest absolute Gasteiger partial charge is 0.467 e. The number of hydrogen-bond acceptors (Lipinski definition) is 6. The number of H-pyrrole nitrogens is 1. The number of ether oxygens (including phenoxy) is 1. The van der Waals surface area contributed by atoms with Crippen molar-refractivity contribution in [3.8, 4) is 0 Å². The minimum atomic E-state index is -0.794. The van der Waals surface area contributed by atoms with Gasteiger partial charge in [-0.25, -0.2) is 4.79 Å². The molecule has 1 saturated heterocycles. The number of aromatic nitrogens is 2. The molecule has 1 aliphatic rings. The molecule has 2 aromatic rings. The summed E-state index contributed by atoms with van der Waals surface area (Å²) in [5, 5.41) is 12.9. The number of hydrogen-bond donors (Lipinski definition) is 3. The van der Waals surface area contributed by atoms with Gasteiger partial charge in [-0.15, -0.1) is 0 Å². The van der Waals surface area contributed by atoms with E-state index in [9.17, 15) is 19.5 Å². The lowest BCUT2D eigenvalue weighted by atomic mass is 10.1. The van der Waals surface area contributed by atoms with Crippen LogP contribution in [0.3, 0.4) is 0 Å². The van der Waals surface area contributed by atoms with E-state index in [1.807, 2.05) is 0 Å². The topological polar surface area (TPSA) is 127 Å². The first kappa shape index (κ1) is 18.2. The van der Waals surface area contributed by atoms with E-state index in [0.29, 0.717) is 24.3 Å². The highest BCUT2D eigenvalue weighted by atomic mass is 16.5. The number of aryl methyl sites for hydroxylation is 1. The van der Waals surface area contributed by atoms with Gasteiger partial charge in [-0.1, -0.05) is 0 Å². The molecule has 0 aromatic carbocycles. The minimum absolute atomic E-state index is 0.175. The third kappa shape index (κ3) is 4.12. The summed E-state index contributed by atoms with van der Waals surface area (Å²) in [6, 6.07) is 3.50. The molecule has 0 spiro atoms. The Morgan fingerprint density at radius 1 is 1.46 bits per heavy atom. The third-order valence-corrected chi connectivity index (χ3v) is 4.36.